The van der Waals surface area contributed by atoms with Crippen molar-refractivity contribution in [1.82, 2.24) is 5.32 Å². The fourth-order valence-corrected chi connectivity index (χ4v) is 3.20. The summed E-state index contributed by atoms with van der Waals surface area (Å²) in [5, 5.41) is 12.1. The molecule has 2 rings (SSSR count). The fraction of sp³-hybridized carbons (Fsp3) is 0.857. The van der Waals surface area contributed by atoms with Crippen LogP contribution in [0.4, 0.5) is 0 Å². The molecule has 2 N–H and O–H groups in total. The number of carbonyl (C=O) groups is 2. The maximum atomic E-state index is 12.1. The lowest BCUT2D eigenvalue weighted by Gasteiger charge is -2.16. The van der Waals surface area contributed by atoms with Crippen molar-refractivity contribution in [1.29, 1.82) is 0 Å². The molecule has 0 aromatic heterocycles. The summed E-state index contributed by atoms with van der Waals surface area (Å²) in [5.74, 6) is -0.931. The van der Waals surface area contributed by atoms with Crippen LogP contribution in [0.25, 0.3) is 0 Å². The van der Waals surface area contributed by atoms with Crippen molar-refractivity contribution in [2.24, 2.45) is 23.7 Å². The first kappa shape index (κ1) is 14.3. The van der Waals surface area contributed by atoms with E-state index in [0.717, 1.165) is 26.1 Å². The smallest absolute Gasteiger partial charge is 0.307 e. The second-order valence-corrected chi connectivity index (χ2v) is 5.94. The van der Waals surface area contributed by atoms with Gasteiger partial charge in [-0.2, -0.15) is 0 Å². The molecule has 0 radical (unpaired) electrons. The molecule has 19 heavy (non-hydrogen) atoms. The van der Waals surface area contributed by atoms with Crippen molar-refractivity contribution in [3.63, 3.8) is 0 Å². The van der Waals surface area contributed by atoms with E-state index in [4.69, 9.17) is 9.84 Å². The van der Waals surface area contributed by atoms with Gasteiger partial charge in [-0.25, -0.2) is 0 Å². The van der Waals surface area contributed by atoms with Crippen LogP contribution >= 0.6 is 0 Å². The summed E-state index contributed by atoms with van der Waals surface area (Å²) in [6.07, 6.45) is 3.29. The van der Waals surface area contributed by atoms with Crippen LogP contribution in [0.15, 0.2) is 0 Å². The Morgan fingerprint density at radius 2 is 2.05 bits per heavy atom. The minimum Gasteiger partial charge on any atom is -0.481 e. The van der Waals surface area contributed by atoms with E-state index in [-0.39, 0.29) is 11.8 Å². The molecule has 1 heterocycles. The molecule has 1 aliphatic heterocycles. The minimum atomic E-state index is -0.839. The molecule has 0 aromatic carbocycles. The molecule has 1 aliphatic carbocycles. The first-order chi connectivity index (χ1) is 9.08. The second-order valence-electron chi connectivity index (χ2n) is 5.94. The summed E-state index contributed by atoms with van der Waals surface area (Å²) >= 11 is 0. The molecule has 4 atom stereocenters. The quantitative estimate of drug-likeness (QED) is 0.788. The Morgan fingerprint density at radius 3 is 2.68 bits per heavy atom. The van der Waals surface area contributed by atoms with Crippen molar-refractivity contribution < 1.29 is 19.4 Å². The molecule has 1 saturated carbocycles. The van der Waals surface area contributed by atoms with Gasteiger partial charge in [0, 0.05) is 19.8 Å². The molecule has 1 saturated heterocycles. The Balaban J connectivity index is 1.76. The van der Waals surface area contributed by atoms with Crippen LogP contribution in [0.3, 0.4) is 0 Å². The summed E-state index contributed by atoms with van der Waals surface area (Å²) in [4.78, 5) is 23.2. The first-order valence-electron chi connectivity index (χ1n) is 7.16. The fourth-order valence-electron chi connectivity index (χ4n) is 3.20. The topological polar surface area (TPSA) is 75.6 Å². The predicted octanol–water partition coefficient (Wildman–Crippen LogP) is 1.28. The van der Waals surface area contributed by atoms with Gasteiger partial charge in [0.15, 0.2) is 0 Å². The van der Waals surface area contributed by atoms with Crippen molar-refractivity contribution in [3.05, 3.63) is 0 Å². The van der Waals surface area contributed by atoms with Gasteiger partial charge in [-0.15, -0.1) is 0 Å². The summed E-state index contributed by atoms with van der Waals surface area (Å²) in [6, 6.07) is 0. The molecule has 4 unspecified atom stereocenters. The summed E-state index contributed by atoms with van der Waals surface area (Å²) in [7, 11) is 0. The van der Waals surface area contributed by atoms with Crippen molar-refractivity contribution in [3.8, 4) is 0 Å². The Morgan fingerprint density at radius 1 is 1.32 bits per heavy atom. The zero-order valence-electron chi connectivity index (χ0n) is 11.4. The van der Waals surface area contributed by atoms with E-state index >= 15 is 0 Å². The largest absolute Gasteiger partial charge is 0.481 e. The van der Waals surface area contributed by atoms with Gasteiger partial charge in [-0.3, -0.25) is 9.59 Å². The number of rotatable bonds is 5. The number of nitrogens with one attached hydrogen (secondary N) is 1. The van der Waals surface area contributed by atoms with Gasteiger partial charge < -0.3 is 15.2 Å². The third-order valence-corrected chi connectivity index (χ3v) is 4.33. The third-order valence-electron chi connectivity index (χ3n) is 4.33. The van der Waals surface area contributed by atoms with E-state index in [0.29, 0.717) is 31.2 Å². The Bertz CT molecular complexity index is 338. The molecular weight excluding hydrogens is 246 g/mol. The number of carbonyl (C=O) groups excluding carboxylic acids is 1. The Labute approximate surface area is 113 Å². The average molecular weight is 269 g/mol. The zero-order valence-corrected chi connectivity index (χ0v) is 11.4. The summed E-state index contributed by atoms with van der Waals surface area (Å²) < 4.78 is 5.29. The van der Waals surface area contributed by atoms with E-state index in [1.165, 1.54) is 0 Å². The highest BCUT2D eigenvalue weighted by molar-refractivity contribution is 5.85. The van der Waals surface area contributed by atoms with E-state index in [2.05, 4.69) is 5.32 Å². The molecular formula is C14H23NO4. The molecule has 0 spiro atoms. The first-order valence-corrected chi connectivity index (χ1v) is 7.16. The summed E-state index contributed by atoms with van der Waals surface area (Å²) in [6.45, 7) is 4.25. The lowest BCUT2D eigenvalue weighted by molar-refractivity contribution is -0.146. The van der Waals surface area contributed by atoms with E-state index in [9.17, 15) is 9.59 Å². The van der Waals surface area contributed by atoms with Gasteiger partial charge in [-0.1, -0.05) is 6.92 Å². The highest BCUT2D eigenvalue weighted by Crippen LogP contribution is 2.36. The van der Waals surface area contributed by atoms with Crippen LogP contribution in [-0.4, -0.2) is 36.7 Å². The van der Waals surface area contributed by atoms with Crippen LogP contribution in [0.2, 0.25) is 0 Å². The maximum Gasteiger partial charge on any atom is 0.307 e. The van der Waals surface area contributed by atoms with E-state index in [1.807, 2.05) is 6.92 Å². The van der Waals surface area contributed by atoms with Crippen molar-refractivity contribution >= 4 is 11.9 Å². The number of hydrogen-bond donors (Lipinski definition) is 2. The minimum absolute atomic E-state index is 0.0873. The highest BCUT2D eigenvalue weighted by atomic mass is 16.5. The number of hydrogen-bond acceptors (Lipinski definition) is 3. The average Bonchev–Trinajstić information content (AvgIpc) is 2.98. The van der Waals surface area contributed by atoms with Gasteiger partial charge in [0.05, 0.1) is 11.8 Å². The molecule has 0 bridgehead atoms. The molecule has 1 amide bonds. The monoisotopic (exact) mass is 269 g/mol. The van der Waals surface area contributed by atoms with Crippen LogP contribution in [0.1, 0.15) is 32.6 Å². The number of aliphatic carboxylic acids is 1. The zero-order chi connectivity index (χ0) is 13.8. The van der Waals surface area contributed by atoms with Crippen molar-refractivity contribution in [2.75, 3.05) is 19.8 Å². The highest BCUT2D eigenvalue weighted by Gasteiger charge is 2.41. The Hall–Kier alpha value is -1.10. The van der Waals surface area contributed by atoms with Gasteiger partial charge in [0.25, 0.3) is 0 Å². The normalized spacial score (nSPS) is 34.4. The van der Waals surface area contributed by atoms with Crippen LogP contribution in [0.5, 0.6) is 0 Å². The molecule has 5 heteroatoms. The second kappa shape index (κ2) is 6.37. The summed E-state index contributed by atoms with van der Waals surface area (Å²) in [5.41, 5.74) is 0. The number of amides is 1. The third kappa shape index (κ3) is 3.69. The van der Waals surface area contributed by atoms with Gasteiger partial charge in [0.2, 0.25) is 5.91 Å². The molecule has 0 aromatic rings. The van der Waals surface area contributed by atoms with E-state index < -0.39 is 11.9 Å². The lowest BCUT2D eigenvalue weighted by Crippen LogP contribution is -2.36. The molecule has 2 aliphatic rings. The van der Waals surface area contributed by atoms with Gasteiger partial charge in [0.1, 0.15) is 0 Å². The molecule has 108 valence electrons. The molecule has 2 fully saturated rings. The van der Waals surface area contributed by atoms with E-state index in [1.54, 1.807) is 0 Å². The standard InChI is InChI=1S/C14H23NO4/c1-9-6-11(12(7-9)14(17)18)13(16)15-4-2-10-3-5-19-8-10/h9-12H,2-8H2,1H3,(H,15,16)(H,17,18). The predicted molar refractivity (Wildman–Crippen MR) is 69.6 cm³/mol. The van der Waals surface area contributed by atoms with Crippen LogP contribution < -0.4 is 5.32 Å². The number of carboxylic acids is 1. The Kier molecular flexibility index (Phi) is 4.80. The van der Waals surface area contributed by atoms with Crippen molar-refractivity contribution in [2.45, 2.75) is 32.6 Å². The number of ether oxygens (including phenoxy) is 1. The number of carboxylic acid groups (broad SMARTS) is 1. The SMILES string of the molecule is CC1CC(C(=O)O)C(C(=O)NCCC2CCOC2)C1. The van der Waals surface area contributed by atoms with Gasteiger partial charge >= 0.3 is 5.97 Å². The van der Waals surface area contributed by atoms with Crippen LogP contribution in [0, 0.1) is 23.7 Å². The maximum absolute atomic E-state index is 12.1. The molecule has 5 nitrogen and oxygen atoms in total. The van der Waals surface area contributed by atoms with Gasteiger partial charge in [-0.05, 0) is 37.5 Å². The van der Waals surface area contributed by atoms with Crippen LogP contribution in [-0.2, 0) is 14.3 Å². The lowest BCUT2D eigenvalue weighted by atomic mass is 9.95.